The maximum atomic E-state index is 13.4. The molecule has 0 spiro atoms. The van der Waals surface area contributed by atoms with Crippen molar-refractivity contribution in [1.29, 1.82) is 0 Å². The summed E-state index contributed by atoms with van der Waals surface area (Å²) >= 11 is 0. The minimum Gasteiger partial charge on any atom is -0.298 e. The predicted molar refractivity (Wildman–Crippen MR) is 60.9 cm³/mol. The molecule has 2 aromatic rings. The SMILES string of the molecule is O=Cc1c(F)cccc1-n1ccc(C2CC2)n1. The van der Waals surface area contributed by atoms with E-state index in [1.807, 2.05) is 6.07 Å². The normalized spacial score (nSPS) is 14.9. The third-order valence-electron chi connectivity index (χ3n) is 3.00. The van der Waals surface area contributed by atoms with Crippen LogP contribution in [0.5, 0.6) is 0 Å². The fourth-order valence-corrected chi connectivity index (χ4v) is 1.91. The van der Waals surface area contributed by atoms with Crippen molar-refractivity contribution in [3.63, 3.8) is 0 Å². The summed E-state index contributed by atoms with van der Waals surface area (Å²) in [6, 6.07) is 6.47. The Labute approximate surface area is 97.9 Å². The number of aldehydes is 1. The van der Waals surface area contributed by atoms with Gasteiger partial charge in [0, 0.05) is 12.1 Å². The average molecular weight is 230 g/mol. The van der Waals surface area contributed by atoms with E-state index in [4.69, 9.17) is 0 Å². The van der Waals surface area contributed by atoms with E-state index in [9.17, 15) is 9.18 Å². The topological polar surface area (TPSA) is 34.9 Å². The van der Waals surface area contributed by atoms with Crippen LogP contribution in [0.3, 0.4) is 0 Å². The van der Waals surface area contributed by atoms with Crippen LogP contribution in [0.4, 0.5) is 4.39 Å². The molecule has 0 saturated heterocycles. The van der Waals surface area contributed by atoms with Crippen LogP contribution < -0.4 is 0 Å². The Bertz CT molecular complexity index is 573. The van der Waals surface area contributed by atoms with E-state index >= 15 is 0 Å². The van der Waals surface area contributed by atoms with Crippen molar-refractivity contribution in [2.24, 2.45) is 0 Å². The Hall–Kier alpha value is -1.97. The Kier molecular flexibility index (Phi) is 2.28. The van der Waals surface area contributed by atoms with Crippen molar-refractivity contribution < 1.29 is 9.18 Å². The van der Waals surface area contributed by atoms with E-state index in [1.165, 1.54) is 18.9 Å². The molecule has 1 aliphatic rings. The lowest BCUT2D eigenvalue weighted by atomic mass is 10.2. The van der Waals surface area contributed by atoms with E-state index < -0.39 is 5.82 Å². The maximum Gasteiger partial charge on any atom is 0.155 e. The number of aromatic nitrogens is 2. The van der Waals surface area contributed by atoms with Crippen LogP contribution in [0.15, 0.2) is 30.5 Å². The Morgan fingerprint density at radius 3 is 2.88 bits per heavy atom. The molecule has 0 bridgehead atoms. The highest BCUT2D eigenvalue weighted by Crippen LogP contribution is 2.39. The first-order chi connectivity index (χ1) is 8.29. The fraction of sp³-hybridized carbons (Fsp3) is 0.231. The van der Waals surface area contributed by atoms with Gasteiger partial charge in [-0.2, -0.15) is 5.10 Å². The Morgan fingerprint density at radius 2 is 2.18 bits per heavy atom. The first-order valence-electron chi connectivity index (χ1n) is 5.59. The Balaban J connectivity index is 2.07. The monoisotopic (exact) mass is 230 g/mol. The molecular weight excluding hydrogens is 219 g/mol. The smallest absolute Gasteiger partial charge is 0.155 e. The molecular formula is C13H11FN2O. The maximum absolute atomic E-state index is 13.4. The van der Waals surface area contributed by atoms with Gasteiger partial charge in [0.15, 0.2) is 6.29 Å². The van der Waals surface area contributed by atoms with Crippen LogP contribution in [-0.2, 0) is 0 Å². The van der Waals surface area contributed by atoms with Crippen LogP contribution in [0.2, 0.25) is 0 Å². The van der Waals surface area contributed by atoms with Crippen LogP contribution in [0.1, 0.15) is 34.8 Å². The second-order valence-electron chi connectivity index (χ2n) is 4.25. The molecule has 0 atom stereocenters. The van der Waals surface area contributed by atoms with E-state index in [2.05, 4.69) is 5.10 Å². The second-order valence-corrected chi connectivity index (χ2v) is 4.25. The molecule has 0 unspecified atom stereocenters. The minimum absolute atomic E-state index is 0.0537. The number of rotatable bonds is 3. The molecule has 0 aliphatic heterocycles. The van der Waals surface area contributed by atoms with E-state index in [0.29, 0.717) is 17.9 Å². The number of halogens is 1. The standard InChI is InChI=1S/C13H11FN2O/c14-11-2-1-3-13(10(11)8-17)16-7-6-12(15-16)9-4-5-9/h1-3,6-9H,4-5H2. The van der Waals surface area contributed by atoms with Crippen molar-refractivity contribution in [3.8, 4) is 5.69 Å². The summed E-state index contributed by atoms with van der Waals surface area (Å²) in [6.45, 7) is 0. The largest absolute Gasteiger partial charge is 0.298 e. The molecule has 1 aliphatic carbocycles. The first-order valence-corrected chi connectivity index (χ1v) is 5.59. The van der Waals surface area contributed by atoms with Gasteiger partial charge in [-0.05, 0) is 31.0 Å². The summed E-state index contributed by atoms with van der Waals surface area (Å²) < 4.78 is 15.0. The molecule has 3 nitrogen and oxygen atoms in total. The summed E-state index contributed by atoms with van der Waals surface area (Å²) in [5, 5.41) is 4.38. The van der Waals surface area contributed by atoms with Gasteiger partial charge in [0.2, 0.25) is 0 Å². The number of benzene rings is 1. The highest BCUT2D eigenvalue weighted by molar-refractivity contribution is 5.81. The van der Waals surface area contributed by atoms with Gasteiger partial charge in [-0.1, -0.05) is 6.07 Å². The zero-order chi connectivity index (χ0) is 11.8. The fourth-order valence-electron chi connectivity index (χ4n) is 1.91. The molecule has 3 rings (SSSR count). The van der Waals surface area contributed by atoms with Crippen LogP contribution in [-0.4, -0.2) is 16.1 Å². The summed E-state index contributed by atoms with van der Waals surface area (Å²) in [4.78, 5) is 10.9. The van der Waals surface area contributed by atoms with Crippen LogP contribution >= 0.6 is 0 Å². The average Bonchev–Trinajstić information content (AvgIpc) is 3.07. The van der Waals surface area contributed by atoms with Crippen LogP contribution in [0.25, 0.3) is 5.69 Å². The zero-order valence-electron chi connectivity index (χ0n) is 9.14. The van der Waals surface area contributed by atoms with E-state index in [1.54, 1.807) is 23.0 Å². The van der Waals surface area contributed by atoms with Crippen molar-refractivity contribution in [2.75, 3.05) is 0 Å². The van der Waals surface area contributed by atoms with Gasteiger partial charge in [-0.25, -0.2) is 9.07 Å². The van der Waals surface area contributed by atoms with Gasteiger partial charge in [0.05, 0.1) is 16.9 Å². The van der Waals surface area contributed by atoms with E-state index in [-0.39, 0.29) is 5.56 Å². The van der Waals surface area contributed by atoms with Crippen molar-refractivity contribution >= 4 is 6.29 Å². The number of hydrogen-bond acceptors (Lipinski definition) is 2. The lowest BCUT2D eigenvalue weighted by Crippen LogP contribution is -2.02. The predicted octanol–water partition coefficient (Wildman–Crippen LogP) is 2.70. The molecule has 0 N–H and O–H groups in total. The van der Waals surface area contributed by atoms with Gasteiger partial charge in [-0.15, -0.1) is 0 Å². The third kappa shape index (κ3) is 1.75. The number of carbonyl (C=O) groups is 1. The Morgan fingerprint density at radius 1 is 1.35 bits per heavy atom. The molecule has 86 valence electrons. The van der Waals surface area contributed by atoms with Crippen LogP contribution in [0, 0.1) is 5.82 Å². The van der Waals surface area contributed by atoms with Gasteiger partial charge < -0.3 is 0 Å². The molecule has 1 aromatic heterocycles. The molecule has 1 saturated carbocycles. The highest BCUT2D eigenvalue weighted by Gasteiger charge is 2.26. The van der Waals surface area contributed by atoms with Gasteiger partial charge in [0.25, 0.3) is 0 Å². The summed E-state index contributed by atoms with van der Waals surface area (Å²) in [7, 11) is 0. The van der Waals surface area contributed by atoms with Crippen molar-refractivity contribution in [2.45, 2.75) is 18.8 Å². The highest BCUT2D eigenvalue weighted by atomic mass is 19.1. The molecule has 4 heteroatoms. The van der Waals surface area contributed by atoms with Gasteiger partial charge >= 0.3 is 0 Å². The quantitative estimate of drug-likeness (QED) is 0.760. The molecule has 17 heavy (non-hydrogen) atoms. The summed E-state index contributed by atoms with van der Waals surface area (Å²) in [6.07, 6.45) is 4.64. The van der Waals surface area contributed by atoms with Crippen molar-refractivity contribution in [1.82, 2.24) is 9.78 Å². The minimum atomic E-state index is -0.513. The number of hydrogen-bond donors (Lipinski definition) is 0. The van der Waals surface area contributed by atoms with Gasteiger partial charge in [0.1, 0.15) is 5.82 Å². The molecule has 1 heterocycles. The molecule has 1 fully saturated rings. The van der Waals surface area contributed by atoms with Crippen molar-refractivity contribution in [3.05, 3.63) is 47.5 Å². The molecule has 0 amide bonds. The summed E-state index contributed by atoms with van der Waals surface area (Å²) in [5.41, 5.74) is 1.57. The summed E-state index contributed by atoms with van der Waals surface area (Å²) in [5.74, 6) is 0.0328. The third-order valence-corrected chi connectivity index (χ3v) is 3.00. The lowest BCUT2D eigenvalue weighted by molar-refractivity contribution is 0.111. The first kappa shape index (κ1) is 10.2. The van der Waals surface area contributed by atoms with E-state index in [0.717, 1.165) is 5.69 Å². The molecule has 1 aromatic carbocycles. The number of carbonyl (C=O) groups excluding carboxylic acids is 1. The number of nitrogens with zero attached hydrogens (tertiary/aromatic N) is 2. The molecule has 0 radical (unpaired) electrons. The van der Waals surface area contributed by atoms with Gasteiger partial charge in [-0.3, -0.25) is 4.79 Å². The zero-order valence-corrected chi connectivity index (χ0v) is 9.14. The lowest BCUT2D eigenvalue weighted by Gasteiger charge is -2.05. The second kappa shape index (κ2) is 3.80.